The lowest BCUT2D eigenvalue weighted by atomic mass is 10.1. The first-order chi connectivity index (χ1) is 11.0. The maximum Gasteiger partial charge on any atom is 0.277 e. The van der Waals surface area contributed by atoms with E-state index >= 15 is 0 Å². The number of hydrogen-bond donors (Lipinski definition) is 2. The van der Waals surface area contributed by atoms with Crippen LogP contribution in [0.1, 0.15) is 30.8 Å². The van der Waals surface area contributed by atoms with Gasteiger partial charge in [-0.05, 0) is 12.3 Å². The van der Waals surface area contributed by atoms with Gasteiger partial charge in [0.2, 0.25) is 6.79 Å². The highest BCUT2D eigenvalue weighted by Crippen LogP contribution is 2.38. The topological polar surface area (TPSA) is 104 Å². The van der Waals surface area contributed by atoms with Gasteiger partial charge >= 0.3 is 0 Å². The quantitative estimate of drug-likeness (QED) is 0.816. The first kappa shape index (κ1) is 15.1. The van der Waals surface area contributed by atoms with Gasteiger partial charge in [-0.25, -0.2) is 0 Å². The number of aromatic nitrogens is 3. The fourth-order valence-electron chi connectivity index (χ4n) is 2.15. The van der Waals surface area contributed by atoms with Crippen molar-refractivity contribution in [2.24, 2.45) is 5.92 Å². The molecule has 3 N–H and O–H groups in total. The van der Waals surface area contributed by atoms with Crippen molar-refractivity contribution in [1.29, 1.82) is 0 Å². The molecule has 0 spiro atoms. The predicted molar refractivity (Wildman–Crippen MR) is 84.4 cm³/mol. The molecular formula is C15H19N5O3. The van der Waals surface area contributed by atoms with E-state index in [0.29, 0.717) is 28.8 Å². The molecule has 2 aromatic rings. The van der Waals surface area contributed by atoms with Crippen LogP contribution in [0.5, 0.6) is 11.5 Å². The molecule has 1 aromatic carbocycles. The van der Waals surface area contributed by atoms with Crippen molar-refractivity contribution < 1.29 is 14.3 Å². The SMILES string of the molecule is CC(C)CCn1cc(C(=O)Nc2cc3c(cc2N)OCO3)nn1. The van der Waals surface area contributed by atoms with Gasteiger partial charge in [0.15, 0.2) is 17.2 Å². The van der Waals surface area contributed by atoms with Gasteiger partial charge in [0.1, 0.15) is 0 Å². The van der Waals surface area contributed by atoms with Crippen molar-refractivity contribution in [3.8, 4) is 11.5 Å². The minimum absolute atomic E-state index is 0.149. The second-order valence-corrected chi connectivity index (χ2v) is 5.80. The zero-order valence-electron chi connectivity index (χ0n) is 13.1. The smallest absolute Gasteiger partial charge is 0.277 e. The summed E-state index contributed by atoms with van der Waals surface area (Å²) in [5.41, 5.74) is 7.01. The summed E-state index contributed by atoms with van der Waals surface area (Å²) in [4.78, 5) is 12.3. The summed E-state index contributed by atoms with van der Waals surface area (Å²) in [6.07, 6.45) is 2.60. The number of ether oxygens (including phenoxy) is 2. The summed E-state index contributed by atoms with van der Waals surface area (Å²) in [5, 5.41) is 10.6. The lowest BCUT2D eigenvalue weighted by Gasteiger charge is -2.08. The van der Waals surface area contributed by atoms with Gasteiger partial charge in [-0.1, -0.05) is 19.1 Å². The van der Waals surface area contributed by atoms with Crippen molar-refractivity contribution in [2.45, 2.75) is 26.8 Å². The Bertz CT molecular complexity index is 726. The average Bonchev–Trinajstić information content (AvgIpc) is 3.14. The molecule has 0 fully saturated rings. The Hall–Kier alpha value is -2.77. The summed E-state index contributed by atoms with van der Waals surface area (Å²) in [6.45, 7) is 5.14. The highest BCUT2D eigenvalue weighted by Gasteiger charge is 2.18. The number of aryl methyl sites for hydroxylation is 1. The molecule has 2 heterocycles. The Kier molecular flexibility index (Phi) is 4.05. The third-order valence-electron chi connectivity index (χ3n) is 3.50. The summed E-state index contributed by atoms with van der Waals surface area (Å²) in [5.74, 6) is 1.31. The second kappa shape index (κ2) is 6.15. The van der Waals surface area contributed by atoms with E-state index in [1.807, 2.05) is 0 Å². The van der Waals surface area contributed by atoms with E-state index in [2.05, 4.69) is 29.5 Å². The predicted octanol–water partition coefficient (Wildman–Crippen LogP) is 1.89. The standard InChI is InChI=1S/C15H19N5O3/c1-9(2)3-4-20-7-12(18-19-20)15(21)17-11-6-14-13(5-10(11)16)22-8-23-14/h5-7,9H,3-4,8,16H2,1-2H3,(H,17,21). The molecule has 8 nitrogen and oxygen atoms in total. The molecule has 3 rings (SSSR count). The van der Waals surface area contributed by atoms with E-state index in [1.165, 1.54) is 0 Å². The monoisotopic (exact) mass is 317 g/mol. The number of nitrogen functional groups attached to an aromatic ring is 1. The minimum atomic E-state index is -0.369. The maximum absolute atomic E-state index is 12.3. The number of anilines is 2. The molecule has 0 bridgehead atoms. The summed E-state index contributed by atoms with van der Waals surface area (Å²) < 4.78 is 12.2. The number of nitrogens with one attached hydrogen (secondary N) is 1. The molecule has 0 atom stereocenters. The molecule has 0 saturated carbocycles. The number of nitrogens with zero attached hydrogens (tertiary/aromatic N) is 3. The van der Waals surface area contributed by atoms with Crippen LogP contribution in [-0.4, -0.2) is 27.7 Å². The number of carbonyl (C=O) groups excluding carboxylic acids is 1. The number of hydrogen-bond acceptors (Lipinski definition) is 6. The van der Waals surface area contributed by atoms with E-state index in [9.17, 15) is 4.79 Å². The van der Waals surface area contributed by atoms with Gasteiger partial charge < -0.3 is 20.5 Å². The van der Waals surface area contributed by atoms with Crippen LogP contribution in [0, 0.1) is 5.92 Å². The maximum atomic E-state index is 12.3. The highest BCUT2D eigenvalue weighted by molar-refractivity contribution is 6.04. The molecule has 0 saturated heterocycles. The van der Waals surface area contributed by atoms with Crippen LogP contribution in [0.15, 0.2) is 18.3 Å². The molecule has 0 radical (unpaired) electrons. The Balaban J connectivity index is 1.70. The van der Waals surface area contributed by atoms with Crippen LogP contribution in [0.2, 0.25) is 0 Å². The van der Waals surface area contributed by atoms with E-state index in [0.717, 1.165) is 13.0 Å². The molecule has 1 aliphatic rings. The zero-order valence-corrected chi connectivity index (χ0v) is 13.1. The molecule has 0 aliphatic carbocycles. The van der Waals surface area contributed by atoms with E-state index < -0.39 is 0 Å². The third-order valence-corrected chi connectivity index (χ3v) is 3.50. The number of benzene rings is 1. The van der Waals surface area contributed by atoms with Crippen LogP contribution in [0.25, 0.3) is 0 Å². The molecule has 23 heavy (non-hydrogen) atoms. The lowest BCUT2D eigenvalue weighted by molar-refractivity contribution is 0.102. The summed E-state index contributed by atoms with van der Waals surface area (Å²) >= 11 is 0. The molecule has 1 aromatic heterocycles. The first-order valence-corrected chi connectivity index (χ1v) is 7.43. The molecule has 0 unspecified atom stereocenters. The van der Waals surface area contributed by atoms with Gasteiger partial charge in [-0.2, -0.15) is 0 Å². The zero-order chi connectivity index (χ0) is 16.4. The van der Waals surface area contributed by atoms with Crippen molar-refractivity contribution in [1.82, 2.24) is 15.0 Å². The Labute approximate surface area is 133 Å². The number of rotatable bonds is 5. The van der Waals surface area contributed by atoms with Crippen molar-refractivity contribution in [3.05, 3.63) is 24.0 Å². The Morgan fingerprint density at radius 3 is 2.87 bits per heavy atom. The molecule has 1 aliphatic heterocycles. The average molecular weight is 317 g/mol. The summed E-state index contributed by atoms with van der Waals surface area (Å²) in [7, 11) is 0. The third kappa shape index (κ3) is 3.36. The van der Waals surface area contributed by atoms with Gasteiger partial charge in [0, 0.05) is 18.7 Å². The second-order valence-electron chi connectivity index (χ2n) is 5.80. The van der Waals surface area contributed by atoms with Crippen LogP contribution in [0.4, 0.5) is 11.4 Å². The Morgan fingerprint density at radius 2 is 2.13 bits per heavy atom. The molecule has 1 amide bonds. The number of carbonyl (C=O) groups is 1. The van der Waals surface area contributed by atoms with E-state index in [4.69, 9.17) is 15.2 Å². The van der Waals surface area contributed by atoms with Gasteiger partial charge in [-0.15, -0.1) is 5.10 Å². The largest absolute Gasteiger partial charge is 0.454 e. The number of nitrogens with two attached hydrogens (primary N) is 1. The fraction of sp³-hybridized carbons (Fsp3) is 0.400. The van der Waals surface area contributed by atoms with Gasteiger partial charge in [-0.3, -0.25) is 9.48 Å². The van der Waals surface area contributed by atoms with Crippen LogP contribution in [-0.2, 0) is 6.54 Å². The van der Waals surface area contributed by atoms with Crippen LogP contribution >= 0.6 is 0 Å². The minimum Gasteiger partial charge on any atom is -0.454 e. The highest BCUT2D eigenvalue weighted by atomic mass is 16.7. The molecular weight excluding hydrogens is 298 g/mol. The van der Waals surface area contributed by atoms with Crippen LogP contribution in [0.3, 0.4) is 0 Å². The lowest BCUT2D eigenvalue weighted by Crippen LogP contribution is -2.13. The van der Waals surface area contributed by atoms with Crippen molar-refractivity contribution in [3.63, 3.8) is 0 Å². The van der Waals surface area contributed by atoms with Crippen molar-refractivity contribution in [2.75, 3.05) is 17.8 Å². The normalized spacial score (nSPS) is 12.7. The van der Waals surface area contributed by atoms with Crippen molar-refractivity contribution >= 4 is 17.3 Å². The first-order valence-electron chi connectivity index (χ1n) is 7.43. The number of fused-ring (bicyclic) bond motifs is 1. The number of amides is 1. The van der Waals surface area contributed by atoms with E-state index in [1.54, 1.807) is 23.0 Å². The van der Waals surface area contributed by atoms with E-state index in [-0.39, 0.29) is 18.4 Å². The van der Waals surface area contributed by atoms with Crippen LogP contribution < -0.4 is 20.5 Å². The van der Waals surface area contributed by atoms with Gasteiger partial charge in [0.05, 0.1) is 17.6 Å². The molecule has 8 heteroatoms. The Morgan fingerprint density at radius 1 is 1.39 bits per heavy atom. The fourth-order valence-corrected chi connectivity index (χ4v) is 2.15. The summed E-state index contributed by atoms with van der Waals surface area (Å²) in [6, 6.07) is 3.26. The van der Waals surface area contributed by atoms with Gasteiger partial charge in [0.25, 0.3) is 5.91 Å². The molecule has 122 valence electrons.